The van der Waals surface area contributed by atoms with Gasteiger partial charge in [0.15, 0.2) is 0 Å². The summed E-state index contributed by atoms with van der Waals surface area (Å²) in [6.07, 6.45) is 1.66. The molecule has 0 fully saturated rings. The third-order valence-electron chi connectivity index (χ3n) is 5.47. The fourth-order valence-electron chi connectivity index (χ4n) is 3.60. The number of halogens is 2. The third kappa shape index (κ3) is 5.55. The van der Waals surface area contributed by atoms with Crippen molar-refractivity contribution in [3.05, 3.63) is 69.7 Å². The van der Waals surface area contributed by atoms with Gasteiger partial charge in [-0.05, 0) is 36.2 Å². The van der Waals surface area contributed by atoms with Crippen molar-refractivity contribution in [3.63, 3.8) is 0 Å². The molecule has 2 heterocycles. The Morgan fingerprint density at radius 1 is 1.23 bits per heavy atom. The Morgan fingerprint density at radius 2 is 1.97 bits per heavy atom. The highest BCUT2D eigenvalue weighted by Gasteiger charge is 2.31. The highest BCUT2D eigenvalue weighted by molar-refractivity contribution is 6.36. The van der Waals surface area contributed by atoms with Crippen LogP contribution in [-0.2, 0) is 22.6 Å². The normalized spacial score (nSPS) is 15.2. The van der Waals surface area contributed by atoms with Gasteiger partial charge in [0.1, 0.15) is 24.7 Å². The second-order valence-electron chi connectivity index (χ2n) is 7.90. The molecule has 0 saturated heterocycles. The number of rotatable bonds is 7. The third-order valence-corrected chi connectivity index (χ3v) is 6.18. The smallest absolute Gasteiger partial charge is 0.303 e. The van der Waals surface area contributed by atoms with Gasteiger partial charge in [-0.3, -0.25) is 14.4 Å². The molecule has 0 spiro atoms. The fraction of sp³-hybridized carbons (Fsp3) is 0.261. The Hall–Kier alpha value is -3.63. The van der Waals surface area contributed by atoms with E-state index in [2.05, 4.69) is 15.4 Å². The SMILES string of the molecule is CN1C(=O)[C@@H](NC(=O)c2ncn(Cc3c(Cl)cccc3Cl)n2)COc2ccc(CCC(=O)O)cc21. The average molecular weight is 518 g/mol. The van der Waals surface area contributed by atoms with Crippen molar-refractivity contribution >= 4 is 46.7 Å². The standard InChI is InChI=1S/C23H21Cl2N5O5/c1-29-18-9-13(6-8-20(31)32)5-7-19(18)35-11-17(23(29)34)27-22(33)21-26-12-30(28-21)10-14-15(24)3-2-4-16(14)25/h2-5,7,9,12,17H,6,8,10-11H2,1H3,(H,27,33)(H,31,32)/t17-/m0/s1. The van der Waals surface area contributed by atoms with E-state index in [1.165, 1.54) is 15.9 Å². The number of anilines is 1. The summed E-state index contributed by atoms with van der Waals surface area (Å²) in [4.78, 5) is 42.1. The summed E-state index contributed by atoms with van der Waals surface area (Å²) in [7, 11) is 1.57. The molecule has 10 nitrogen and oxygen atoms in total. The number of carboxylic acid groups (broad SMARTS) is 1. The minimum Gasteiger partial charge on any atom is -0.489 e. The molecule has 0 aliphatic carbocycles. The Balaban J connectivity index is 1.44. The number of aliphatic carboxylic acids is 1. The summed E-state index contributed by atoms with van der Waals surface area (Å²) in [6.45, 7) is 0.124. The molecule has 2 aromatic carbocycles. The van der Waals surface area contributed by atoms with Gasteiger partial charge >= 0.3 is 5.97 Å². The van der Waals surface area contributed by atoms with Crippen LogP contribution in [0.1, 0.15) is 28.2 Å². The van der Waals surface area contributed by atoms with Gasteiger partial charge in [-0.25, -0.2) is 9.67 Å². The molecule has 1 aliphatic rings. The molecule has 3 aromatic rings. The van der Waals surface area contributed by atoms with E-state index in [9.17, 15) is 14.4 Å². The van der Waals surface area contributed by atoms with Gasteiger partial charge in [-0.15, -0.1) is 5.10 Å². The number of carbonyl (C=O) groups is 3. The van der Waals surface area contributed by atoms with Crippen LogP contribution in [0.2, 0.25) is 10.0 Å². The van der Waals surface area contributed by atoms with Crippen LogP contribution in [0.5, 0.6) is 5.75 Å². The van der Waals surface area contributed by atoms with Gasteiger partial charge in [0.05, 0.1) is 12.2 Å². The molecule has 4 rings (SSSR count). The van der Waals surface area contributed by atoms with E-state index in [0.717, 1.165) is 5.56 Å². The monoisotopic (exact) mass is 517 g/mol. The highest BCUT2D eigenvalue weighted by atomic mass is 35.5. The number of aromatic nitrogens is 3. The van der Waals surface area contributed by atoms with Crippen LogP contribution in [0.25, 0.3) is 0 Å². The zero-order valence-corrected chi connectivity index (χ0v) is 20.1. The van der Waals surface area contributed by atoms with Crippen LogP contribution in [0, 0.1) is 0 Å². The molecule has 0 bridgehead atoms. The Kier molecular flexibility index (Phi) is 7.23. The largest absolute Gasteiger partial charge is 0.489 e. The van der Waals surface area contributed by atoms with Crippen LogP contribution in [0.15, 0.2) is 42.7 Å². The van der Waals surface area contributed by atoms with Gasteiger partial charge < -0.3 is 20.1 Å². The summed E-state index contributed by atoms with van der Waals surface area (Å²) >= 11 is 12.4. The van der Waals surface area contributed by atoms with Crippen molar-refractivity contribution in [2.75, 3.05) is 18.6 Å². The molecule has 35 heavy (non-hydrogen) atoms. The molecule has 0 saturated carbocycles. The predicted molar refractivity (Wildman–Crippen MR) is 128 cm³/mol. The lowest BCUT2D eigenvalue weighted by Gasteiger charge is -2.20. The lowest BCUT2D eigenvalue weighted by Crippen LogP contribution is -2.49. The number of nitrogens with zero attached hydrogens (tertiary/aromatic N) is 4. The first-order valence-corrected chi connectivity index (χ1v) is 11.4. The Bertz CT molecular complexity index is 1270. The van der Waals surface area contributed by atoms with Crippen molar-refractivity contribution < 1.29 is 24.2 Å². The second-order valence-corrected chi connectivity index (χ2v) is 8.71. The average Bonchev–Trinajstić information content (AvgIpc) is 3.27. The Labute approximate surface area is 210 Å². The van der Waals surface area contributed by atoms with Gasteiger partial charge in [0.25, 0.3) is 11.8 Å². The van der Waals surface area contributed by atoms with Crippen LogP contribution in [0.3, 0.4) is 0 Å². The summed E-state index contributed by atoms with van der Waals surface area (Å²) in [6, 6.07) is 9.30. The van der Waals surface area contributed by atoms with Crippen molar-refractivity contribution in [2.45, 2.75) is 25.4 Å². The molecule has 2 amide bonds. The first kappa shape index (κ1) is 24.5. The number of amides is 2. The number of hydrogen-bond acceptors (Lipinski definition) is 6. The van der Waals surface area contributed by atoms with E-state index in [0.29, 0.717) is 33.5 Å². The second kappa shape index (κ2) is 10.3. The molecule has 182 valence electrons. The zero-order valence-electron chi connectivity index (χ0n) is 18.6. The number of aryl methyl sites for hydroxylation is 1. The molecule has 1 aliphatic heterocycles. The van der Waals surface area contributed by atoms with Crippen molar-refractivity contribution in [1.82, 2.24) is 20.1 Å². The van der Waals surface area contributed by atoms with E-state index >= 15 is 0 Å². The number of hydrogen-bond donors (Lipinski definition) is 2. The Morgan fingerprint density at radius 3 is 2.69 bits per heavy atom. The highest BCUT2D eigenvalue weighted by Crippen LogP contribution is 2.32. The number of fused-ring (bicyclic) bond motifs is 1. The lowest BCUT2D eigenvalue weighted by atomic mass is 10.1. The van der Waals surface area contributed by atoms with E-state index < -0.39 is 23.8 Å². The summed E-state index contributed by atoms with van der Waals surface area (Å²) in [5.41, 5.74) is 1.89. The molecule has 12 heteroatoms. The molecular weight excluding hydrogens is 497 g/mol. The van der Waals surface area contributed by atoms with Crippen LogP contribution < -0.4 is 15.0 Å². The first-order valence-electron chi connectivity index (χ1n) is 10.6. The minimum atomic E-state index is -0.979. The maximum atomic E-state index is 13.0. The molecular formula is C23H21Cl2N5O5. The molecule has 1 aromatic heterocycles. The first-order chi connectivity index (χ1) is 16.7. The van der Waals surface area contributed by atoms with Crippen molar-refractivity contribution in [1.29, 1.82) is 0 Å². The number of nitrogens with one attached hydrogen (secondary N) is 1. The van der Waals surface area contributed by atoms with E-state index in [1.54, 1.807) is 43.4 Å². The maximum absolute atomic E-state index is 13.0. The van der Waals surface area contributed by atoms with Gasteiger partial charge in [-0.1, -0.05) is 35.3 Å². The molecule has 1 atom stereocenters. The fourth-order valence-corrected chi connectivity index (χ4v) is 4.11. The molecule has 0 radical (unpaired) electrons. The quantitative estimate of drug-likeness (QED) is 0.493. The number of benzene rings is 2. The van der Waals surface area contributed by atoms with Gasteiger partial charge in [-0.2, -0.15) is 0 Å². The zero-order chi connectivity index (χ0) is 25.1. The van der Waals surface area contributed by atoms with E-state index in [-0.39, 0.29) is 25.4 Å². The summed E-state index contributed by atoms with van der Waals surface area (Å²) < 4.78 is 7.19. The van der Waals surface area contributed by atoms with Crippen molar-refractivity contribution in [3.8, 4) is 5.75 Å². The van der Waals surface area contributed by atoms with Crippen LogP contribution in [0.4, 0.5) is 5.69 Å². The minimum absolute atomic E-state index is 0.0294. The number of likely N-dealkylation sites (N-methyl/N-ethyl adjacent to an activating group) is 1. The van der Waals surface area contributed by atoms with Gasteiger partial charge in [0.2, 0.25) is 5.82 Å². The molecule has 2 N–H and O–H groups in total. The number of carboxylic acids is 1. The van der Waals surface area contributed by atoms with E-state index in [1.807, 2.05) is 0 Å². The summed E-state index contributed by atoms with van der Waals surface area (Å²) in [5, 5.41) is 16.6. The molecule has 0 unspecified atom stereocenters. The van der Waals surface area contributed by atoms with E-state index in [4.69, 9.17) is 33.0 Å². The number of ether oxygens (including phenoxy) is 1. The lowest BCUT2D eigenvalue weighted by molar-refractivity contribution is -0.137. The number of carbonyl (C=O) groups excluding carboxylic acids is 2. The summed E-state index contributed by atoms with van der Waals surface area (Å²) in [5.74, 6) is -1.61. The van der Waals surface area contributed by atoms with Crippen LogP contribution in [-0.4, -0.2) is 57.4 Å². The topological polar surface area (TPSA) is 127 Å². The predicted octanol–water partition coefficient (Wildman–Crippen LogP) is 2.80. The van der Waals surface area contributed by atoms with Crippen LogP contribution >= 0.6 is 23.2 Å². The maximum Gasteiger partial charge on any atom is 0.303 e. The van der Waals surface area contributed by atoms with Crippen molar-refractivity contribution in [2.24, 2.45) is 0 Å². The van der Waals surface area contributed by atoms with Gasteiger partial charge in [0, 0.05) is 29.1 Å².